The molecule has 0 heterocycles. The van der Waals surface area contributed by atoms with Crippen LogP contribution in [0.25, 0.3) is 0 Å². The number of ether oxygens (including phenoxy) is 1. The molecule has 31 heavy (non-hydrogen) atoms. The number of rotatable bonds is 11. The highest BCUT2D eigenvalue weighted by Gasteiger charge is 2.55. The Morgan fingerprint density at radius 3 is 2.55 bits per heavy atom. The molecule has 1 fully saturated rings. The number of anilines is 2. The number of halogens is 5. The summed E-state index contributed by atoms with van der Waals surface area (Å²) in [6.07, 6.45) is 0.120. The van der Waals surface area contributed by atoms with Gasteiger partial charge in [-0.3, -0.25) is 4.72 Å². The second kappa shape index (κ2) is 10.9. The van der Waals surface area contributed by atoms with E-state index in [2.05, 4.69) is 10.0 Å². The SMILES string of the molecule is COc1cc(F)c(F)c(NC/C(F)=C\C(I)=C/I)c1NS(=O)(=O)C1(C[C@H](O)CO)CC1. The Hall–Kier alpha value is -0.780. The van der Waals surface area contributed by atoms with Crippen molar-refractivity contribution < 1.29 is 36.5 Å². The maximum atomic E-state index is 14.6. The predicted octanol–water partition coefficient (Wildman–Crippen LogP) is 3.97. The van der Waals surface area contributed by atoms with E-state index in [0.29, 0.717) is 9.65 Å². The summed E-state index contributed by atoms with van der Waals surface area (Å²) in [5, 5.41) is 21.1. The molecule has 1 aliphatic rings. The van der Waals surface area contributed by atoms with Crippen molar-refractivity contribution in [3.05, 3.63) is 37.3 Å². The largest absolute Gasteiger partial charge is 0.494 e. The summed E-state index contributed by atoms with van der Waals surface area (Å²) in [7, 11) is -3.06. The predicted molar refractivity (Wildman–Crippen MR) is 129 cm³/mol. The zero-order valence-electron chi connectivity index (χ0n) is 16.3. The van der Waals surface area contributed by atoms with Crippen LogP contribution >= 0.6 is 45.2 Å². The lowest BCUT2D eigenvalue weighted by Crippen LogP contribution is -2.34. The van der Waals surface area contributed by atoms with Gasteiger partial charge in [-0.05, 0) is 52.0 Å². The molecular formula is C18H21F3I2N2O5S. The summed E-state index contributed by atoms with van der Waals surface area (Å²) in [6.45, 7) is -1.15. The van der Waals surface area contributed by atoms with Gasteiger partial charge in [0.1, 0.15) is 23.0 Å². The molecule has 1 saturated carbocycles. The molecule has 1 aliphatic carbocycles. The zero-order valence-corrected chi connectivity index (χ0v) is 21.4. The molecule has 0 aromatic heterocycles. The first-order chi connectivity index (χ1) is 14.5. The van der Waals surface area contributed by atoms with Crippen LogP contribution in [0.4, 0.5) is 24.5 Å². The first kappa shape index (κ1) is 26.5. The molecule has 7 nitrogen and oxygen atoms in total. The molecule has 0 saturated heterocycles. The van der Waals surface area contributed by atoms with Gasteiger partial charge in [-0.1, -0.05) is 22.6 Å². The van der Waals surface area contributed by atoms with Gasteiger partial charge < -0.3 is 20.3 Å². The van der Waals surface area contributed by atoms with E-state index < -0.39 is 62.9 Å². The van der Waals surface area contributed by atoms with Crippen LogP contribution in [0.15, 0.2) is 25.6 Å². The number of hydrogen-bond acceptors (Lipinski definition) is 6. The Bertz CT molecular complexity index is 985. The maximum absolute atomic E-state index is 14.6. The fourth-order valence-corrected chi connectivity index (χ4v) is 5.15. The minimum Gasteiger partial charge on any atom is -0.494 e. The van der Waals surface area contributed by atoms with Crippen molar-refractivity contribution in [2.45, 2.75) is 30.1 Å². The van der Waals surface area contributed by atoms with Crippen LogP contribution in [0.2, 0.25) is 0 Å². The third-order valence-electron chi connectivity index (χ3n) is 4.67. The van der Waals surface area contributed by atoms with E-state index >= 15 is 0 Å². The lowest BCUT2D eigenvalue weighted by molar-refractivity contribution is 0.0858. The summed E-state index contributed by atoms with van der Waals surface area (Å²) in [5.74, 6) is -3.73. The lowest BCUT2D eigenvalue weighted by atomic mass is 10.2. The second-order valence-corrected chi connectivity index (χ2v) is 10.8. The van der Waals surface area contributed by atoms with Crippen LogP contribution in [0.3, 0.4) is 0 Å². The fourth-order valence-electron chi connectivity index (χ4n) is 2.89. The van der Waals surface area contributed by atoms with Gasteiger partial charge in [0.2, 0.25) is 10.0 Å². The molecule has 2 rings (SSSR count). The number of sulfonamides is 1. The van der Waals surface area contributed by atoms with Gasteiger partial charge in [-0.25, -0.2) is 21.6 Å². The van der Waals surface area contributed by atoms with Crippen LogP contribution in [0.1, 0.15) is 19.3 Å². The second-order valence-electron chi connectivity index (χ2n) is 6.89. The Balaban J connectivity index is 2.42. The third-order valence-corrected chi connectivity index (χ3v) is 9.34. The fraction of sp³-hybridized carbons (Fsp3) is 0.444. The van der Waals surface area contributed by atoms with Gasteiger partial charge >= 0.3 is 0 Å². The molecule has 0 bridgehead atoms. The normalized spacial score (nSPS) is 17.3. The third kappa shape index (κ3) is 6.39. The Kier molecular flexibility index (Phi) is 9.30. The molecule has 1 atom stereocenters. The smallest absolute Gasteiger partial charge is 0.238 e. The van der Waals surface area contributed by atoms with E-state index in [1.54, 1.807) is 4.08 Å². The van der Waals surface area contributed by atoms with E-state index in [0.717, 1.165) is 7.11 Å². The highest BCUT2D eigenvalue weighted by molar-refractivity contribution is 14.1. The van der Waals surface area contributed by atoms with Gasteiger partial charge in [-0.15, -0.1) is 0 Å². The van der Waals surface area contributed by atoms with Crippen molar-refractivity contribution in [2.75, 3.05) is 30.3 Å². The van der Waals surface area contributed by atoms with Crippen molar-refractivity contribution in [1.82, 2.24) is 0 Å². The van der Waals surface area contributed by atoms with E-state index in [1.807, 2.05) is 45.2 Å². The monoisotopic (exact) mass is 688 g/mol. The molecule has 1 aromatic rings. The topological polar surface area (TPSA) is 108 Å². The van der Waals surface area contributed by atoms with Crippen LogP contribution in [-0.2, 0) is 10.0 Å². The van der Waals surface area contributed by atoms with E-state index in [-0.39, 0.29) is 25.0 Å². The highest BCUT2D eigenvalue weighted by atomic mass is 127. The van der Waals surface area contributed by atoms with E-state index in [9.17, 15) is 26.7 Å². The van der Waals surface area contributed by atoms with Crippen molar-refractivity contribution in [3.8, 4) is 5.75 Å². The van der Waals surface area contributed by atoms with E-state index in [1.165, 1.54) is 6.08 Å². The maximum Gasteiger partial charge on any atom is 0.238 e. The van der Waals surface area contributed by atoms with E-state index in [4.69, 9.17) is 9.84 Å². The number of aliphatic hydroxyl groups is 2. The minimum atomic E-state index is -4.20. The molecule has 0 aliphatic heterocycles. The Labute approximate surface area is 205 Å². The number of methoxy groups -OCH3 is 1. The van der Waals surface area contributed by atoms with Crippen molar-refractivity contribution >= 4 is 66.6 Å². The van der Waals surface area contributed by atoms with Crippen LogP contribution in [-0.4, -0.2) is 49.7 Å². The van der Waals surface area contributed by atoms with Gasteiger partial charge in [0.25, 0.3) is 0 Å². The van der Waals surface area contributed by atoms with Crippen LogP contribution in [0, 0.1) is 11.6 Å². The first-order valence-electron chi connectivity index (χ1n) is 8.93. The highest BCUT2D eigenvalue weighted by Crippen LogP contribution is 2.49. The molecule has 174 valence electrons. The van der Waals surface area contributed by atoms with Crippen LogP contribution in [0.5, 0.6) is 5.75 Å². The lowest BCUT2D eigenvalue weighted by Gasteiger charge is -2.23. The molecule has 0 unspecified atom stereocenters. The van der Waals surface area contributed by atoms with Gasteiger partial charge in [0, 0.05) is 9.65 Å². The number of hydrogen-bond donors (Lipinski definition) is 4. The number of nitrogens with one attached hydrogen (secondary N) is 2. The number of benzene rings is 1. The number of allylic oxidation sites excluding steroid dienone is 2. The summed E-state index contributed by atoms with van der Waals surface area (Å²) in [4.78, 5) is 0. The molecule has 1 aromatic carbocycles. The molecule has 0 spiro atoms. The molecule has 13 heteroatoms. The molecule has 0 amide bonds. The van der Waals surface area contributed by atoms with Gasteiger partial charge in [0.15, 0.2) is 11.6 Å². The average molecular weight is 688 g/mol. The molecule has 0 radical (unpaired) electrons. The Morgan fingerprint density at radius 2 is 2.03 bits per heavy atom. The zero-order chi connectivity index (χ0) is 23.4. The minimum absolute atomic E-state index is 0.215. The standard InChI is InChI=1S/C18H21F3I2N2O5S/c1-30-14-5-13(20)15(21)17(24-8-10(19)4-11(23)7-22)16(14)25-31(28,29)18(2-3-18)6-12(27)9-26/h4-5,7,12,24-27H,2-3,6,8-9H2,1H3/b10-4+,11-7+/t12-/m0/s1. The average Bonchev–Trinajstić information content (AvgIpc) is 3.51. The molecule has 4 N–H and O–H groups in total. The van der Waals surface area contributed by atoms with Gasteiger partial charge in [0.05, 0.1) is 31.1 Å². The van der Waals surface area contributed by atoms with Gasteiger partial charge in [-0.2, -0.15) is 0 Å². The van der Waals surface area contributed by atoms with Crippen molar-refractivity contribution in [2.24, 2.45) is 0 Å². The summed E-state index contributed by atoms with van der Waals surface area (Å²) < 4.78 is 76.7. The summed E-state index contributed by atoms with van der Waals surface area (Å²) in [6, 6.07) is 0.675. The summed E-state index contributed by atoms with van der Waals surface area (Å²) in [5.41, 5.74) is -1.03. The van der Waals surface area contributed by atoms with Crippen molar-refractivity contribution in [1.29, 1.82) is 0 Å². The Morgan fingerprint density at radius 1 is 1.39 bits per heavy atom. The first-order valence-corrected chi connectivity index (χ1v) is 12.7. The number of aliphatic hydroxyl groups excluding tert-OH is 2. The van der Waals surface area contributed by atoms with Crippen LogP contribution < -0.4 is 14.8 Å². The summed E-state index contributed by atoms with van der Waals surface area (Å²) >= 11 is 3.79. The molecular weight excluding hydrogens is 667 g/mol. The quantitative estimate of drug-likeness (QED) is 0.207. The van der Waals surface area contributed by atoms with Crippen molar-refractivity contribution in [3.63, 3.8) is 0 Å².